The summed E-state index contributed by atoms with van der Waals surface area (Å²) in [5, 5.41) is 2.26. The predicted octanol–water partition coefficient (Wildman–Crippen LogP) is 4.08. The molecule has 0 bridgehead atoms. The van der Waals surface area contributed by atoms with Gasteiger partial charge in [0.05, 0.1) is 22.6 Å². The van der Waals surface area contributed by atoms with E-state index in [1.165, 1.54) is 7.11 Å². The van der Waals surface area contributed by atoms with Crippen LogP contribution in [-0.4, -0.2) is 38.8 Å². The molecule has 1 amide bonds. The molecule has 11 heteroatoms. The van der Waals surface area contributed by atoms with Crippen molar-refractivity contribution in [1.82, 2.24) is 9.62 Å². The van der Waals surface area contributed by atoms with Crippen molar-refractivity contribution < 1.29 is 31.1 Å². The molecule has 3 rings (SSSR count). The number of para-hydroxylation sites is 1. The molecule has 0 radical (unpaired) electrons. The number of sulfonamides is 1. The fraction of sp³-hybridized carbons (Fsp3) is 0.381. The molecule has 0 atom stereocenters. The van der Waals surface area contributed by atoms with Crippen LogP contribution < -0.4 is 10.1 Å². The molecule has 0 aliphatic carbocycles. The molecule has 1 fully saturated rings. The number of amides is 1. The summed E-state index contributed by atoms with van der Waals surface area (Å²) in [7, 11) is -2.61. The highest BCUT2D eigenvalue weighted by Gasteiger charge is 2.37. The normalized spacial score (nSPS) is 16.0. The lowest BCUT2D eigenvalue weighted by molar-refractivity contribution is -0.137. The van der Waals surface area contributed by atoms with Crippen LogP contribution in [-0.2, 0) is 27.5 Å². The SMILES string of the molecule is COc1ccccc1CNC(=O)C1CCN(S(=O)(=O)c2ccc(Cl)c(C(F)(F)F)c2)CC1. The minimum Gasteiger partial charge on any atom is -0.496 e. The highest BCUT2D eigenvalue weighted by Crippen LogP contribution is 2.36. The van der Waals surface area contributed by atoms with E-state index in [2.05, 4.69) is 5.32 Å². The van der Waals surface area contributed by atoms with Gasteiger partial charge >= 0.3 is 6.18 Å². The zero-order valence-electron chi connectivity index (χ0n) is 17.2. The number of piperidine rings is 1. The van der Waals surface area contributed by atoms with E-state index in [9.17, 15) is 26.4 Å². The van der Waals surface area contributed by atoms with Crippen LogP contribution >= 0.6 is 11.6 Å². The highest BCUT2D eigenvalue weighted by molar-refractivity contribution is 7.89. The number of benzene rings is 2. The maximum atomic E-state index is 13.1. The summed E-state index contributed by atoms with van der Waals surface area (Å²) in [6, 6.07) is 9.78. The Morgan fingerprint density at radius 1 is 1.19 bits per heavy atom. The third-order valence-corrected chi connectivity index (χ3v) is 7.58. The van der Waals surface area contributed by atoms with Crippen LogP contribution in [0.25, 0.3) is 0 Å². The quantitative estimate of drug-likeness (QED) is 0.662. The summed E-state index contributed by atoms with van der Waals surface area (Å²) >= 11 is 5.58. The van der Waals surface area contributed by atoms with Crippen molar-refractivity contribution in [1.29, 1.82) is 0 Å². The summed E-state index contributed by atoms with van der Waals surface area (Å²) in [6.45, 7) is 0.324. The van der Waals surface area contributed by atoms with Crippen LogP contribution in [0.15, 0.2) is 47.4 Å². The first-order chi connectivity index (χ1) is 15.0. The number of carbonyl (C=O) groups excluding carboxylic acids is 1. The number of hydrogen-bond donors (Lipinski definition) is 1. The Morgan fingerprint density at radius 3 is 2.47 bits per heavy atom. The zero-order valence-corrected chi connectivity index (χ0v) is 18.7. The molecule has 0 unspecified atom stereocenters. The molecule has 0 saturated carbocycles. The lowest BCUT2D eigenvalue weighted by atomic mass is 9.97. The number of ether oxygens (including phenoxy) is 1. The maximum absolute atomic E-state index is 13.1. The number of carbonyl (C=O) groups is 1. The standard InChI is InChI=1S/C21H22ClF3N2O4S/c1-31-19-5-3-2-4-15(19)13-26-20(28)14-8-10-27(11-9-14)32(29,30)16-6-7-18(22)17(12-16)21(23,24)25/h2-7,12,14H,8-11,13H2,1H3,(H,26,28). The van der Waals surface area contributed by atoms with Gasteiger partial charge in [0.25, 0.3) is 0 Å². The Labute approximate surface area is 189 Å². The van der Waals surface area contributed by atoms with Crippen LogP contribution in [0, 0.1) is 5.92 Å². The molecule has 174 valence electrons. The number of halogens is 4. The van der Waals surface area contributed by atoms with Gasteiger partial charge in [-0.1, -0.05) is 29.8 Å². The Bertz CT molecular complexity index is 1080. The largest absolute Gasteiger partial charge is 0.496 e. The highest BCUT2D eigenvalue weighted by atomic mass is 35.5. The molecule has 1 N–H and O–H groups in total. The lowest BCUT2D eigenvalue weighted by Gasteiger charge is -2.30. The second kappa shape index (κ2) is 9.68. The molecule has 2 aromatic carbocycles. The van der Waals surface area contributed by atoms with E-state index >= 15 is 0 Å². The minimum atomic E-state index is -4.77. The van der Waals surface area contributed by atoms with Gasteiger partial charge in [-0.05, 0) is 37.1 Å². The van der Waals surface area contributed by atoms with Crippen molar-refractivity contribution in [2.75, 3.05) is 20.2 Å². The van der Waals surface area contributed by atoms with E-state index < -0.39 is 37.6 Å². The average Bonchev–Trinajstić information content (AvgIpc) is 2.77. The smallest absolute Gasteiger partial charge is 0.417 e. The first kappa shape index (κ1) is 24.3. The van der Waals surface area contributed by atoms with Crippen LogP contribution in [0.2, 0.25) is 5.02 Å². The topological polar surface area (TPSA) is 75.7 Å². The van der Waals surface area contributed by atoms with Gasteiger partial charge in [0.2, 0.25) is 15.9 Å². The van der Waals surface area contributed by atoms with Gasteiger partial charge in [-0.2, -0.15) is 17.5 Å². The van der Waals surface area contributed by atoms with Crippen LogP contribution in [0.3, 0.4) is 0 Å². The molecular weight excluding hydrogens is 469 g/mol. The molecular formula is C21H22ClF3N2O4S. The average molecular weight is 491 g/mol. The third kappa shape index (κ3) is 5.36. The number of alkyl halides is 3. The van der Waals surface area contributed by atoms with Crippen molar-refractivity contribution in [2.45, 2.75) is 30.5 Å². The number of rotatable bonds is 6. The van der Waals surface area contributed by atoms with E-state index in [-0.39, 0.29) is 38.4 Å². The van der Waals surface area contributed by atoms with Gasteiger partial charge in [0, 0.05) is 31.1 Å². The van der Waals surface area contributed by atoms with Gasteiger partial charge < -0.3 is 10.1 Å². The number of hydrogen-bond acceptors (Lipinski definition) is 4. The van der Waals surface area contributed by atoms with Crippen molar-refractivity contribution in [3.63, 3.8) is 0 Å². The number of nitrogens with zero attached hydrogens (tertiary/aromatic N) is 1. The van der Waals surface area contributed by atoms with E-state index in [0.717, 1.165) is 22.0 Å². The monoisotopic (exact) mass is 490 g/mol. The fourth-order valence-corrected chi connectivity index (χ4v) is 5.29. The van der Waals surface area contributed by atoms with Crippen molar-refractivity contribution in [3.05, 3.63) is 58.6 Å². The molecule has 1 saturated heterocycles. The molecule has 0 spiro atoms. The second-order valence-corrected chi connectivity index (χ2v) is 9.69. The molecule has 1 aliphatic heterocycles. The summed E-state index contributed by atoms with van der Waals surface area (Å²) in [4.78, 5) is 12.1. The molecule has 0 aromatic heterocycles. The van der Waals surface area contributed by atoms with E-state index in [0.29, 0.717) is 11.8 Å². The molecule has 1 aliphatic rings. The Balaban J connectivity index is 1.63. The fourth-order valence-electron chi connectivity index (χ4n) is 3.57. The summed E-state index contributed by atoms with van der Waals surface area (Å²) in [5.74, 6) is 0.0424. The first-order valence-corrected chi connectivity index (χ1v) is 11.6. The third-order valence-electron chi connectivity index (χ3n) is 5.35. The van der Waals surface area contributed by atoms with Gasteiger partial charge in [-0.25, -0.2) is 8.42 Å². The van der Waals surface area contributed by atoms with Crippen molar-refractivity contribution in [3.8, 4) is 5.75 Å². The van der Waals surface area contributed by atoms with Crippen LogP contribution in [0.1, 0.15) is 24.0 Å². The maximum Gasteiger partial charge on any atom is 0.417 e. The van der Waals surface area contributed by atoms with Crippen LogP contribution in [0.5, 0.6) is 5.75 Å². The Kier molecular flexibility index (Phi) is 7.36. The minimum absolute atomic E-state index is 0.0268. The van der Waals surface area contributed by atoms with Crippen LogP contribution in [0.4, 0.5) is 13.2 Å². The summed E-state index contributed by atoms with van der Waals surface area (Å²) in [6.07, 6.45) is -4.25. The molecule has 32 heavy (non-hydrogen) atoms. The van der Waals surface area contributed by atoms with Gasteiger partial charge in [0.1, 0.15) is 5.75 Å². The van der Waals surface area contributed by atoms with Gasteiger partial charge in [-0.3, -0.25) is 4.79 Å². The Morgan fingerprint density at radius 2 is 1.84 bits per heavy atom. The van der Waals surface area contributed by atoms with E-state index in [1.54, 1.807) is 6.07 Å². The lowest BCUT2D eigenvalue weighted by Crippen LogP contribution is -2.42. The van der Waals surface area contributed by atoms with Crippen molar-refractivity contribution in [2.24, 2.45) is 5.92 Å². The number of nitrogens with one attached hydrogen (secondary N) is 1. The predicted molar refractivity (Wildman–Crippen MR) is 113 cm³/mol. The first-order valence-electron chi connectivity index (χ1n) is 9.80. The number of methoxy groups -OCH3 is 1. The molecule has 2 aromatic rings. The second-order valence-electron chi connectivity index (χ2n) is 7.35. The molecule has 1 heterocycles. The van der Waals surface area contributed by atoms with Gasteiger partial charge in [-0.15, -0.1) is 0 Å². The Hall–Kier alpha value is -2.30. The summed E-state index contributed by atoms with van der Waals surface area (Å²) in [5.41, 5.74) is -0.391. The van der Waals surface area contributed by atoms with Crippen molar-refractivity contribution >= 4 is 27.5 Å². The van der Waals surface area contributed by atoms with E-state index in [1.807, 2.05) is 18.2 Å². The van der Waals surface area contributed by atoms with Gasteiger partial charge in [0.15, 0.2) is 0 Å². The van der Waals surface area contributed by atoms with E-state index in [4.69, 9.17) is 16.3 Å². The zero-order chi connectivity index (χ0) is 23.5. The summed E-state index contributed by atoms with van der Waals surface area (Å²) < 4.78 is 71.3. The molecule has 6 nitrogen and oxygen atoms in total.